The van der Waals surface area contributed by atoms with Crippen molar-refractivity contribution in [3.05, 3.63) is 29.3 Å². The molecule has 0 aliphatic rings. The van der Waals surface area contributed by atoms with E-state index in [1.807, 2.05) is 13.8 Å². The van der Waals surface area contributed by atoms with Crippen LogP contribution in [-0.4, -0.2) is 5.11 Å². The summed E-state index contributed by atoms with van der Waals surface area (Å²) in [4.78, 5) is 0. The molecular formula is C10H12F2O. The second-order valence-electron chi connectivity index (χ2n) is 3.14. The Morgan fingerprint density at radius 2 is 1.77 bits per heavy atom. The lowest BCUT2D eigenvalue weighted by molar-refractivity contribution is 0.394. The van der Waals surface area contributed by atoms with Crippen LogP contribution in [0.2, 0.25) is 0 Å². The van der Waals surface area contributed by atoms with Crippen LogP contribution in [0.25, 0.3) is 0 Å². The molecule has 0 aromatic heterocycles. The van der Waals surface area contributed by atoms with Gasteiger partial charge in [-0.3, -0.25) is 0 Å². The molecule has 3 heteroatoms. The van der Waals surface area contributed by atoms with E-state index in [2.05, 4.69) is 0 Å². The normalized spacial score (nSPS) is 12.9. The number of phenolic OH excluding ortho intramolecular Hbond substituents is 1. The van der Waals surface area contributed by atoms with Crippen LogP contribution in [0.3, 0.4) is 0 Å². The number of phenols is 1. The highest BCUT2D eigenvalue weighted by Gasteiger charge is 2.12. The summed E-state index contributed by atoms with van der Waals surface area (Å²) in [5.74, 6) is -2.58. The van der Waals surface area contributed by atoms with Gasteiger partial charge in [0.05, 0.1) is 0 Å². The molecule has 0 radical (unpaired) electrons. The number of hydrogen-bond donors (Lipinski definition) is 1. The standard InChI is InChI=1S/C10H12F2O/c1-3-6(2)7-4-8(11)10(13)9(12)5-7/h4-6,13H,3H2,1-2H3/t6-/m1/s1. The van der Waals surface area contributed by atoms with Crippen molar-refractivity contribution in [1.29, 1.82) is 0 Å². The molecule has 72 valence electrons. The smallest absolute Gasteiger partial charge is 0.187 e. The lowest BCUT2D eigenvalue weighted by atomic mass is 9.98. The highest BCUT2D eigenvalue weighted by molar-refractivity contribution is 5.31. The Morgan fingerprint density at radius 3 is 2.15 bits per heavy atom. The summed E-state index contributed by atoms with van der Waals surface area (Å²) in [7, 11) is 0. The van der Waals surface area contributed by atoms with Gasteiger partial charge in [-0.1, -0.05) is 13.8 Å². The minimum absolute atomic E-state index is 0.101. The van der Waals surface area contributed by atoms with Crippen molar-refractivity contribution in [3.8, 4) is 5.75 Å². The van der Waals surface area contributed by atoms with E-state index in [0.29, 0.717) is 5.56 Å². The van der Waals surface area contributed by atoms with Crippen molar-refractivity contribution in [2.45, 2.75) is 26.2 Å². The number of hydrogen-bond acceptors (Lipinski definition) is 1. The molecule has 0 aliphatic carbocycles. The van der Waals surface area contributed by atoms with Crippen LogP contribution >= 0.6 is 0 Å². The highest BCUT2D eigenvalue weighted by atomic mass is 19.1. The second kappa shape index (κ2) is 3.73. The zero-order valence-corrected chi connectivity index (χ0v) is 7.64. The highest BCUT2D eigenvalue weighted by Crippen LogP contribution is 2.26. The maximum absolute atomic E-state index is 12.8. The number of aromatic hydroxyl groups is 1. The van der Waals surface area contributed by atoms with Crippen molar-refractivity contribution < 1.29 is 13.9 Å². The van der Waals surface area contributed by atoms with Crippen LogP contribution in [0.5, 0.6) is 5.75 Å². The molecule has 1 nitrogen and oxygen atoms in total. The van der Waals surface area contributed by atoms with Crippen LogP contribution in [0.15, 0.2) is 12.1 Å². The van der Waals surface area contributed by atoms with Crippen LogP contribution < -0.4 is 0 Å². The fraction of sp³-hybridized carbons (Fsp3) is 0.400. The van der Waals surface area contributed by atoms with Crippen LogP contribution in [0.1, 0.15) is 31.7 Å². The van der Waals surface area contributed by atoms with Gasteiger partial charge < -0.3 is 5.11 Å². The fourth-order valence-corrected chi connectivity index (χ4v) is 1.11. The quantitative estimate of drug-likeness (QED) is 0.752. The van der Waals surface area contributed by atoms with Gasteiger partial charge in [0.1, 0.15) is 0 Å². The van der Waals surface area contributed by atoms with Crippen molar-refractivity contribution >= 4 is 0 Å². The van der Waals surface area contributed by atoms with Gasteiger partial charge in [-0.05, 0) is 30.0 Å². The van der Waals surface area contributed by atoms with Gasteiger partial charge in [0.2, 0.25) is 0 Å². The Bertz CT molecular complexity index is 287. The van der Waals surface area contributed by atoms with Gasteiger partial charge in [0.15, 0.2) is 17.4 Å². The van der Waals surface area contributed by atoms with Crippen molar-refractivity contribution in [3.63, 3.8) is 0 Å². The monoisotopic (exact) mass is 186 g/mol. The molecule has 1 atom stereocenters. The molecule has 13 heavy (non-hydrogen) atoms. The molecule has 0 bridgehead atoms. The second-order valence-corrected chi connectivity index (χ2v) is 3.14. The van der Waals surface area contributed by atoms with Crippen molar-refractivity contribution in [1.82, 2.24) is 0 Å². The Hall–Kier alpha value is -1.12. The van der Waals surface area contributed by atoms with Crippen LogP contribution in [0.4, 0.5) is 8.78 Å². The van der Waals surface area contributed by atoms with Crippen molar-refractivity contribution in [2.24, 2.45) is 0 Å². The molecule has 1 N–H and O–H groups in total. The molecule has 0 fully saturated rings. The van der Waals surface area contributed by atoms with E-state index in [4.69, 9.17) is 5.11 Å². The third kappa shape index (κ3) is 1.97. The topological polar surface area (TPSA) is 20.2 Å². The first-order valence-corrected chi connectivity index (χ1v) is 4.24. The molecule has 1 aromatic rings. The average Bonchev–Trinajstić information content (AvgIpc) is 2.12. The first-order chi connectivity index (χ1) is 6.06. The molecule has 0 saturated heterocycles. The van der Waals surface area contributed by atoms with E-state index in [-0.39, 0.29) is 5.92 Å². The average molecular weight is 186 g/mol. The molecule has 0 saturated carbocycles. The van der Waals surface area contributed by atoms with Gasteiger partial charge >= 0.3 is 0 Å². The van der Waals surface area contributed by atoms with E-state index >= 15 is 0 Å². The lowest BCUT2D eigenvalue weighted by Gasteiger charge is -2.09. The van der Waals surface area contributed by atoms with Crippen molar-refractivity contribution in [2.75, 3.05) is 0 Å². The summed E-state index contributed by atoms with van der Waals surface area (Å²) >= 11 is 0. The number of rotatable bonds is 2. The maximum Gasteiger partial charge on any atom is 0.187 e. The summed E-state index contributed by atoms with van der Waals surface area (Å²) in [6.07, 6.45) is 0.809. The van der Waals surface area contributed by atoms with Gasteiger partial charge in [-0.15, -0.1) is 0 Å². The molecule has 0 amide bonds. The molecule has 1 rings (SSSR count). The van der Waals surface area contributed by atoms with Crippen LogP contribution in [-0.2, 0) is 0 Å². The summed E-state index contributed by atoms with van der Waals surface area (Å²) in [5.41, 5.74) is 0.579. The molecular weight excluding hydrogens is 174 g/mol. The molecule has 0 unspecified atom stereocenters. The Balaban J connectivity index is 3.13. The minimum Gasteiger partial charge on any atom is -0.503 e. The summed E-state index contributed by atoms with van der Waals surface area (Å²) in [5, 5.41) is 8.84. The third-order valence-corrected chi connectivity index (χ3v) is 2.22. The molecule has 1 aromatic carbocycles. The lowest BCUT2D eigenvalue weighted by Crippen LogP contribution is -1.94. The van der Waals surface area contributed by atoms with Gasteiger partial charge in [-0.2, -0.15) is 0 Å². The van der Waals surface area contributed by atoms with Gasteiger partial charge in [0.25, 0.3) is 0 Å². The predicted molar refractivity (Wildman–Crippen MR) is 46.7 cm³/mol. The summed E-state index contributed by atoms with van der Waals surface area (Å²) in [6, 6.07) is 2.35. The zero-order valence-electron chi connectivity index (χ0n) is 7.64. The van der Waals surface area contributed by atoms with E-state index in [0.717, 1.165) is 6.42 Å². The molecule has 0 aliphatic heterocycles. The Labute approximate surface area is 76.0 Å². The maximum atomic E-state index is 12.8. The fourth-order valence-electron chi connectivity index (χ4n) is 1.11. The van der Waals surface area contributed by atoms with E-state index < -0.39 is 17.4 Å². The molecule has 0 spiro atoms. The third-order valence-electron chi connectivity index (χ3n) is 2.22. The Kier molecular flexibility index (Phi) is 2.86. The SMILES string of the molecule is CC[C@@H](C)c1cc(F)c(O)c(F)c1. The number of halogens is 2. The zero-order chi connectivity index (χ0) is 10.0. The largest absolute Gasteiger partial charge is 0.503 e. The van der Waals surface area contributed by atoms with Gasteiger partial charge in [0, 0.05) is 0 Å². The molecule has 0 heterocycles. The van der Waals surface area contributed by atoms with Gasteiger partial charge in [-0.25, -0.2) is 8.78 Å². The van der Waals surface area contributed by atoms with E-state index in [9.17, 15) is 8.78 Å². The Morgan fingerprint density at radius 1 is 1.31 bits per heavy atom. The predicted octanol–water partition coefficient (Wildman–Crippen LogP) is 3.18. The summed E-state index contributed by atoms with van der Waals surface area (Å²) < 4.78 is 25.7. The minimum atomic E-state index is -0.896. The first kappa shape index (κ1) is 9.96. The summed E-state index contributed by atoms with van der Waals surface area (Å²) in [6.45, 7) is 3.82. The van der Waals surface area contributed by atoms with Crippen LogP contribution in [0, 0.1) is 11.6 Å². The van der Waals surface area contributed by atoms with E-state index in [1.165, 1.54) is 12.1 Å². The number of benzene rings is 1. The van der Waals surface area contributed by atoms with E-state index in [1.54, 1.807) is 0 Å². The first-order valence-electron chi connectivity index (χ1n) is 4.24.